The first-order chi connectivity index (χ1) is 9.97. The van der Waals surface area contributed by atoms with Gasteiger partial charge >= 0.3 is 0 Å². The molecule has 3 heterocycles. The zero-order valence-corrected chi connectivity index (χ0v) is 13.7. The highest BCUT2D eigenvalue weighted by molar-refractivity contribution is 5.73. The Balaban J connectivity index is 1.69. The molecule has 0 aromatic carbocycles. The van der Waals surface area contributed by atoms with Gasteiger partial charge in [-0.3, -0.25) is 14.6 Å². The standard InChI is InChI=1S/C16H29N3O2/c1-13(20)18-11-15-10-17(14-4-8-21-9-5-14)6-7-19(15)16(2,3)12-18/h14-15H,4-12H2,1-3H3/t15-/m0/s1. The van der Waals surface area contributed by atoms with Gasteiger partial charge in [0, 0.05) is 70.5 Å². The van der Waals surface area contributed by atoms with E-state index in [1.54, 1.807) is 6.92 Å². The second-order valence-corrected chi connectivity index (χ2v) is 7.40. The van der Waals surface area contributed by atoms with E-state index in [-0.39, 0.29) is 11.4 Å². The minimum Gasteiger partial charge on any atom is -0.381 e. The lowest BCUT2D eigenvalue weighted by Crippen LogP contribution is -2.71. The van der Waals surface area contributed by atoms with Crippen molar-refractivity contribution in [2.75, 3.05) is 45.9 Å². The minimum atomic E-state index is 0.0936. The second-order valence-electron chi connectivity index (χ2n) is 7.40. The molecule has 3 aliphatic rings. The second kappa shape index (κ2) is 5.86. The van der Waals surface area contributed by atoms with E-state index in [2.05, 4.69) is 23.6 Å². The summed E-state index contributed by atoms with van der Waals surface area (Å²) in [6.45, 7) is 13.2. The number of hydrogen-bond acceptors (Lipinski definition) is 4. The molecule has 120 valence electrons. The molecule has 5 heteroatoms. The molecule has 1 atom stereocenters. The number of nitrogens with zero attached hydrogens (tertiary/aromatic N) is 3. The summed E-state index contributed by atoms with van der Waals surface area (Å²) in [4.78, 5) is 19.1. The summed E-state index contributed by atoms with van der Waals surface area (Å²) < 4.78 is 5.49. The number of ether oxygens (including phenoxy) is 1. The van der Waals surface area contributed by atoms with Crippen molar-refractivity contribution >= 4 is 5.91 Å². The third kappa shape index (κ3) is 3.10. The van der Waals surface area contributed by atoms with Gasteiger partial charge < -0.3 is 9.64 Å². The third-order valence-corrected chi connectivity index (χ3v) is 5.45. The van der Waals surface area contributed by atoms with Crippen LogP contribution in [0.1, 0.15) is 33.6 Å². The summed E-state index contributed by atoms with van der Waals surface area (Å²) in [5.74, 6) is 0.214. The number of piperazine rings is 2. The lowest BCUT2D eigenvalue weighted by atomic mass is 9.91. The lowest BCUT2D eigenvalue weighted by molar-refractivity contribution is -0.140. The highest BCUT2D eigenvalue weighted by Crippen LogP contribution is 2.29. The number of amides is 1. The Kier molecular flexibility index (Phi) is 4.26. The molecule has 5 nitrogen and oxygen atoms in total. The maximum absolute atomic E-state index is 11.8. The van der Waals surface area contributed by atoms with Crippen LogP contribution in [0.4, 0.5) is 0 Å². The predicted molar refractivity (Wildman–Crippen MR) is 82.2 cm³/mol. The fourth-order valence-electron chi connectivity index (χ4n) is 4.33. The van der Waals surface area contributed by atoms with Gasteiger partial charge in [0.25, 0.3) is 0 Å². The van der Waals surface area contributed by atoms with E-state index in [1.165, 1.54) is 0 Å². The fourth-order valence-corrected chi connectivity index (χ4v) is 4.33. The van der Waals surface area contributed by atoms with Crippen LogP contribution in [-0.4, -0.2) is 84.2 Å². The molecule has 0 radical (unpaired) electrons. The molecule has 0 N–H and O–H groups in total. The Labute approximate surface area is 128 Å². The summed E-state index contributed by atoms with van der Waals surface area (Å²) in [7, 11) is 0. The number of fused-ring (bicyclic) bond motifs is 1. The summed E-state index contributed by atoms with van der Waals surface area (Å²) >= 11 is 0. The van der Waals surface area contributed by atoms with Crippen molar-refractivity contribution in [3.8, 4) is 0 Å². The molecule has 0 aliphatic carbocycles. The zero-order chi connectivity index (χ0) is 15.0. The number of hydrogen-bond donors (Lipinski definition) is 0. The Morgan fingerprint density at radius 3 is 2.48 bits per heavy atom. The topological polar surface area (TPSA) is 36.0 Å². The molecule has 0 aromatic heterocycles. The average molecular weight is 295 g/mol. The molecule has 21 heavy (non-hydrogen) atoms. The highest BCUT2D eigenvalue weighted by Gasteiger charge is 2.44. The molecule has 3 aliphatic heterocycles. The number of rotatable bonds is 1. The van der Waals surface area contributed by atoms with Crippen molar-refractivity contribution in [1.82, 2.24) is 14.7 Å². The van der Waals surface area contributed by atoms with Crippen LogP contribution in [0.15, 0.2) is 0 Å². The Morgan fingerprint density at radius 1 is 1.10 bits per heavy atom. The van der Waals surface area contributed by atoms with Gasteiger partial charge in [-0.1, -0.05) is 0 Å². The van der Waals surface area contributed by atoms with Crippen LogP contribution in [0.25, 0.3) is 0 Å². The van der Waals surface area contributed by atoms with Crippen LogP contribution in [0, 0.1) is 0 Å². The monoisotopic (exact) mass is 295 g/mol. The van der Waals surface area contributed by atoms with Crippen molar-refractivity contribution in [3.63, 3.8) is 0 Å². The average Bonchev–Trinajstić information content (AvgIpc) is 2.46. The zero-order valence-electron chi connectivity index (χ0n) is 13.7. The van der Waals surface area contributed by atoms with Crippen molar-refractivity contribution in [1.29, 1.82) is 0 Å². The van der Waals surface area contributed by atoms with E-state index in [9.17, 15) is 4.79 Å². The summed E-state index contributed by atoms with van der Waals surface area (Å²) in [5.41, 5.74) is 0.0936. The third-order valence-electron chi connectivity index (χ3n) is 5.45. The van der Waals surface area contributed by atoms with E-state index in [4.69, 9.17) is 4.74 Å². The molecular formula is C16H29N3O2. The van der Waals surface area contributed by atoms with Crippen LogP contribution in [0.2, 0.25) is 0 Å². The van der Waals surface area contributed by atoms with Crippen LogP contribution in [-0.2, 0) is 9.53 Å². The van der Waals surface area contributed by atoms with E-state index in [0.29, 0.717) is 12.1 Å². The van der Waals surface area contributed by atoms with E-state index >= 15 is 0 Å². The Bertz CT molecular complexity index is 393. The first-order valence-electron chi connectivity index (χ1n) is 8.31. The van der Waals surface area contributed by atoms with Crippen molar-refractivity contribution in [2.24, 2.45) is 0 Å². The summed E-state index contributed by atoms with van der Waals surface area (Å²) in [6, 6.07) is 1.16. The van der Waals surface area contributed by atoms with E-state index in [1.807, 2.05) is 4.90 Å². The lowest BCUT2D eigenvalue weighted by Gasteiger charge is -2.56. The molecule has 0 aromatic rings. The maximum atomic E-state index is 11.8. The Morgan fingerprint density at radius 2 is 1.81 bits per heavy atom. The quantitative estimate of drug-likeness (QED) is 0.717. The van der Waals surface area contributed by atoms with E-state index < -0.39 is 0 Å². The van der Waals surface area contributed by atoms with Crippen LogP contribution in [0.5, 0.6) is 0 Å². The molecule has 3 rings (SSSR count). The number of carbonyl (C=O) groups is 1. The van der Waals surface area contributed by atoms with Crippen LogP contribution in [0.3, 0.4) is 0 Å². The van der Waals surface area contributed by atoms with Gasteiger partial charge in [-0.15, -0.1) is 0 Å². The molecule has 0 bridgehead atoms. The minimum absolute atomic E-state index is 0.0936. The largest absolute Gasteiger partial charge is 0.381 e. The predicted octanol–water partition coefficient (Wildman–Crippen LogP) is 0.792. The molecule has 0 unspecified atom stereocenters. The van der Waals surface area contributed by atoms with Gasteiger partial charge in [0.05, 0.1) is 0 Å². The molecule has 1 amide bonds. The van der Waals surface area contributed by atoms with Crippen LogP contribution < -0.4 is 0 Å². The normalized spacial score (nSPS) is 32.0. The van der Waals surface area contributed by atoms with Crippen molar-refractivity contribution < 1.29 is 9.53 Å². The molecule has 0 saturated carbocycles. The highest BCUT2D eigenvalue weighted by atomic mass is 16.5. The molecule has 3 fully saturated rings. The first kappa shape index (κ1) is 15.3. The van der Waals surface area contributed by atoms with E-state index in [0.717, 1.165) is 58.8 Å². The smallest absolute Gasteiger partial charge is 0.219 e. The van der Waals surface area contributed by atoms with Gasteiger partial charge in [-0.05, 0) is 26.7 Å². The van der Waals surface area contributed by atoms with Gasteiger partial charge in [0.15, 0.2) is 0 Å². The fraction of sp³-hybridized carbons (Fsp3) is 0.938. The summed E-state index contributed by atoms with van der Waals surface area (Å²) in [6.07, 6.45) is 2.32. The first-order valence-corrected chi connectivity index (χ1v) is 8.31. The van der Waals surface area contributed by atoms with Crippen LogP contribution >= 0.6 is 0 Å². The van der Waals surface area contributed by atoms with Crippen molar-refractivity contribution in [2.45, 2.75) is 51.2 Å². The van der Waals surface area contributed by atoms with Crippen molar-refractivity contribution in [3.05, 3.63) is 0 Å². The summed E-state index contributed by atoms with van der Waals surface area (Å²) in [5, 5.41) is 0. The van der Waals surface area contributed by atoms with Gasteiger partial charge in [-0.25, -0.2) is 0 Å². The van der Waals surface area contributed by atoms with Gasteiger partial charge in [0.2, 0.25) is 5.91 Å². The Hall–Kier alpha value is -0.650. The SMILES string of the molecule is CC(=O)N1C[C@@H]2CN(C3CCOCC3)CCN2C(C)(C)C1. The molecule has 0 spiro atoms. The number of carbonyl (C=O) groups excluding carboxylic acids is 1. The van der Waals surface area contributed by atoms with Gasteiger partial charge in [-0.2, -0.15) is 0 Å². The van der Waals surface area contributed by atoms with Gasteiger partial charge in [0.1, 0.15) is 0 Å². The maximum Gasteiger partial charge on any atom is 0.219 e. The molecule has 3 saturated heterocycles. The molecular weight excluding hydrogens is 266 g/mol.